The Bertz CT molecular complexity index is 1140. The number of hydrogen-bond donors (Lipinski definition) is 1. The summed E-state index contributed by atoms with van der Waals surface area (Å²) in [4.78, 5) is 19.1. The molecule has 0 unspecified atom stereocenters. The van der Waals surface area contributed by atoms with Crippen LogP contribution < -0.4 is 19.8 Å². The number of nitrogens with one attached hydrogen (secondary N) is 1. The number of thioether (sulfide) groups is 1. The van der Waals surface area contributed by atoms with Gasteiger partial charge in [0.1, 0.15) is 24.0 Å². The van der Waals surface area contributed by atoms with Crippen LogP contribution in [0.1, 0.15) is 25.0 Å². The molecule has 31 heavy (non-hydrogen) atoms. The lowest BCUT2D eigenvalue weighted by atomic mass is 10.1. The second kappa shape index (κ2) is 10.5. The van der Waals surface area contributed by atoms with E-state index in [4.69, 9.17) is 14.2 Å². The molecular weight excluding hydrogens is 414 g/mol. The highest BCUT2D eigenvalue weighted by Gasteiger charge is 2.13. The third kappa shape index (κ3) is 5.38. The largest absolute Gasteiger partial charge is 0.490 e. The highest BCUT2D eigenvalue weighted by atomic mass is 32.2. The van der Waals surface area contributed by atoms with E-state index in [2.05, 4.69) is 9.97 Å². The summed E-state index contributed by atoms with van der Waals surface area (Å²) in [6.07, 6.45) is 1.81. The van der Waals surface area contributed by atoms with Gasteiger partial charge >= 0.3 is 0 Å². The summed E-state index contributed by atoms with van der Waals surface area (Å²) < 4.78 is 17.1. The van der Waals surface area contributed by atoms with Crippen molar-refractivity contribution in [1.29, 1.82) is 5.26 Å². The number of ether oxygens (including phenoxy) is 3. The third-order valence-electron chi connectivity index (χ3n) is 4.34. The molecule has 0 atom stereocenters. The van der Waals surface area contributed by atoms with Crippen LogP contribution in [0.2, 0.25) is 0 Å². The van der Waals surface area contributed by atoms with Gasteiger partial charge in [-0.15, -0.1) is 0 Å². The van der Waals surface area contributed by atoms with Gasteiger partial charge in [-0.3, -0.25) is 4.79 Å². The molecule has 0 amide bonds. The van der Waals surface area contributed by atoms with Gasteiger partial charge in [0.05, 0.1) is 18.9 Å². The molecule has 2 aromatic carbocycles. The van der Waals surface area contributed by atoms with E-state index < -0.39 is 5.56 Å². The zero-order valence-electron chi connectivity index (χ0n) is 17.6. The predicted octanol–water partition coefficient (Wildman–Crippen LogP) is 4.41. The third-order valence-corrected chi connectivity index (χ3v) is 4.92. The van der Waals surface area contributed by atoms with Crippen LogP contribution in [0, 0.1) is 11.3 Å². The maximum Gasteiger partial charge on any atom is 0.270 e. The highest BCUT2D eigenvalue weighted by Crippen LogP contribution is 2.29. The summed E-state index contributed by atoms with van der Waals surface area (Å²) in [5, 5.41) is 9.80. The maximum absolute atomic E-state index is 12.1. The lowest BCUT2D eigenvalue weighted by molar-refractivity contribution is 0.283. The summed E-state index contributed by atoms with van der Waals surface area (Å²) >= 11 is 1.31. The number of aromatic amines is 1. The van der Waals surface area contributed by atoms with Gasteiger partial charge < -0.3 is 19.2 Å². The lowest BCUT2D eigenvalue weighted by Crippen LogP contribution is -2.14. The Hall–Kier alpha value is -3.44. The molecule has 1 N–H and O–H groups in total. The first-order valence-electron chi connectivity index (χ1n) is 9.79. The van der Waals surface area contributed by atoms with Crippen LogP contribution in [0.15, 0.2) is 52.4 Å². The van der Waals surface area contributed by atoms with Crippen LogP contribution in [-0.4, -0.2) is 29.4 Å². The minimum absolute atomic E-state index is 0.00990. The molecule has 0 spiro atoms. The van der Waals surface area contributed by atoms with Gasteiger partial charge in [0.25, 0.3) is 5.56 Å². The number of nitriles is 1. The minimum Gasteiger partial charge on any atom is -0.490 e. The van der Waals surface area contributed by atoms with E-state index >= 15 is 0 Å². The van der Waals surface area contributed by atoms with Gasteiger partial charge in [-0.1, -0.05) is 17.8 Å². The van der Waals surface area contributed by atoms with Crippen molar-refractivity contribution >= 4 is 11.8 Å². The summed E-state index contributed by atoms with van der Waals surface area (Å²) in [5.41, 5.74) is 1.52. The molecule has 0 saturated carbocycles. The van der Waals surface area contributed by atoms with Gasteiger partial charge in [-0.2, -0.15) is 5.26 Å². The van der Waals surface area contributed by atoms with Crippen molar-refractivity contribution in [2.24, 2.45) is 0 Å². The van der Waals surface area contributed by atoms with Crippen LogP contribution in [0.5, 0.6) is 17.2 Å². The number of benzene rings is 2. The minimum atomic E-state index is -0.447. The number of aromatic nitrogens is 2. The Labute approximate surface area is 185 Å². The van der Waals surface area contributed by atoms with Gasteiger partial charge in [-0.05, 0) is 62.1 Å². The molecular formula is C23H23N3O4S. The molecule has 160 valence electrons. The summed E-state index contributed by atoms with van der Waals surface area (Å²) in [6, 6.07) is 14.8. The molecule has 0 aliphatic carbocycles. The molecule has 7 nitrogen and oxygen atoms in total. The fourth-order valence-electron chi connectivity index (χ4n) is 2.92. The van der Waals surface area contributed by atoms with Crippen LogP contribution in [0.25, 0.3) is 11.3 Å². The van der Waals surface area contributed by atoms with E-state index in [1.165, 1.54) is 11.8 Å². The monoisotopic (exact) mass is 437 g/mol. The van der Waals surface area contributed by atoms with Crippen molar-refractivity contribution in [1.82, 2.24) is 9.97 Å². The van der Waals surface area contributed by atoms with Gasteiger partial charge in [0, 0.05) is 5.56 Å². The number of hydrogen-bond acceptors (Lipinski definition) is 7. The maximum atomic E-state index is 12.1. The molecule has 3 aromatic rings. The average molecular weight is 438 g/mol. The highest BCUT2D eigenvalue weighted by molar-refractivity contribution is 7.98. The van der Waals surface area contributed by atoms with Crippen molar-refractivity contribution < 1.29 is 14.2 Å². The van der Waals surface area contributed by atoms with Crippen molar-refractivity contribution in [3.05, 3.63) is 63.9 Å². The normalized spacial score (nSPS) is 10.4. The molecule has 0 saturated heterocycles. The van der Waals surface area contributed by atoms with Gasteiger partial charge in [0.15, 0.2) is 16.7 Å². The quantitative estimate of drug-likeness (QED) is 0.391. The van der Waals surface area contributed by atoms with Crippen LogP contribution in [0.3, 0.4) is 0 Å². The zero-order valence-corrected chi connectivity index (χ0v) is 18.4. The Morgan fingerprint density at radius 1 is 1.03 bits per heavy atom. The smallest absolute Gasteiger partial charge is 0.270 e. The zero-order chi connectivity index (χ0) is 22.2. The SMILES string of the molecule is CCOc1ccc(COc2ccc(-c3nc(SC)[nH]c(=O)c3C#N)cc2)cc1OCC. The molecule has 0 fully saturated rings. The Morgan fingerprint density at radius 3 is 2.39 bits per heavy atom. The summed E-state index contributed by atoms with van der Waals surface area (Å²) in [5.74, 6) is 2.06. The molecule has 0 aliphatic rings. The molecule has 8 heteroatoms. The summed E-state index contributed by atoms with van der Waals surface area (Å²) in [7, 11) is 0. The molecule has 0 bridgehead atoms. The van der Waals surface area contributed by atoms with Crippen molar-refractivity contribution in [3.63, 3.8) is 0 Å². The standard InChI is InChI=1S/C23H23N3O4S/c1-4-28-19-11-6-15(12-20(19)29-5-2)14-30-17-9-7-16(8-10-17)21-18(13-24)22(27)26-23(25-21)31-3/h6-12H,4-5,14H2,1-3H3,(H,25,26,27). The molecule has 1 heterocycles. The Kier molecular flexibility index (Phi) is 7.57. The topological polar surface area (TPSA) is 97.2 Å². The van der Waals surface area contributed by atoms with E-state index in [1.807, 2.05) is 44.4 Å². The fourth-order valence-corrected chi connectivity index (χ4v) is 3.30. The van der Waals surface area contributed by atoms with Crippen LogP contribution in [0.4, 0.5) is 0 Å². The fraction of sp³-hybridized carbons (Fsp3) is 0.261. The van der Waals surface area contributed by atoms with Crippen molar-refractivity contribution in [3.8, 4) is 34.6 Å². The van der Waals surface area contributed by atoms with E-state index in [0.29, 0.717) is 53.5 Å². The summed E-state index contributed by atoms with van der Waals surface area (Å²) in [6.45, 7) is 5.32. The predicted molar refractivity (Wildman–Crippen MR) is 120 cm³/mol. The second-order valence-corrected chi connectivity index (χ2v) is 7.17. The number of nitrogens with zero attached hydrogens (tertiary/aromatic N) is 2. The van der Waals surface area contributed by atoms with Crippen LogP contribution >= 0.6 is 11.8 Å². The Balaban J connectivity index is 1.77. The average Bonchev–Trinajstić information content (AvgIpc) is 2.79. The van der Waals surface area contributed by atoms with Gasteiger partial charge in [0.2, 0.25) is 0 Å². The molecule has 0 aliphatic heterocycles. The number of rotatable bonds is 9. The van der Waals surface area contributed by atoms with E-state index in [9.17, 15) is 10.1 Å². The van der Waals surface area contributed by atoms with Crippen molar-refractivity contribution in [2.45, 2.75) is 25.6 Å². The second-order valence-electron chi connectivity index (χ2n) is 6.37. The van der Waals surface area contributed by atoms with Crippen LogP contribution in [-0.2, 0) is 6.61 Å². The first-order chi connectivity index (χ1) is 15.1. The van der Waals surface area contributed by atoms with Gasteiger partial charge in [-0.25, -0.2) is 4.98 Å². The van der Waals surface area contributed by atoms with E-state index in [-0.39, 0.29) is 5.56 Å². The lowest BCUT2D eigenvalue weighted by Gasteiger charge is -2.13. The molecule has 0 radical (unpaired) electrons. The van der Waals surface area contributed by atoms with E-state index in [1.54, 1.807) is 24.3 Å². The van der Waals surface area contributed by atoms with E-state index in [0.717, 1.165) is 5.56 Å². The molecule has 3 rings (SSSR count). The van der Waals surface area contributed by atoms with Crippen molar-refractivity contribution in [2.75, 3.05) is 19.5 Å². The Morgan fingerprint density at radius 2 is 1.74 bits per heavy atom. The number of H-pyrrole nitrogens is 1. The molecule has 1 aromatic heterocycles. The first kappa shape index (κ1) is 22.2. The first-order valence-corrected chi connectivity index (χ1v) is 11.0.